The molecule has 0 aliphatic carbocycles. The molecule has 0 saturated heterocycles. The molecule has 4 nitrogen and oxygen atoms in total. The highest BCUT2D eigenvalue weighted by Gasteiger charge is 2.19. The van der Waals surface area contributed by atoms with E-state index in [-0.39, 0.29) is 15.2 Å². The lowest BCUT2D eigenvalue weighted by molar-refractivity contribution is 0.601. The Morgan fingerprint density at radius 1 is 1.05 bits per heavy atom. The highest BCUT2D eigenvalue weighted by Crippen LogP contribution is 2.24. The number of anilines is 1. The van der Waals surface area contributed by atoms with Gasteiger partial charge in [0.05, 0.1) is 0 Å². The first-order chi connectivity index (χ1) is 8.88. The Balaban J connectivity index is 2.35. The van der Waals surface area contributed by atoms with Gasteiger partial charge in [0.1, 0.15) is 10.0 Å². The predicted octanol–water partition coefficient (Wildman–Crippen LogP) is 3.95. The molecule has 0 aliphatic heterocycles. The SMILES string of the molecule is O=S(=O)(Nc1ccc(Br)cc1)c1ccc(Cl)nc1Cl. The van der Waals surface area contributed by atoms with Crippen molar-refractivity contribution >= 4 is 54.8 Å². The maximum absolute atomic E-state index is 12.1. The van der Waals surface area contributed by atoms with Gasteiger partial charge >= 0.3 is 0 Å². The van der Waals surface area contributed by atoms with E-state index >= 15 is 0 Å². The molecular formula is C11H7BrCl2N2O2S. The maximum Gasteiger partial charge on any atom is 0.264 e. The molecule has 0 aliphatic rings. The average molecular weight is 382 g/mol. The fourth-order valence-corrected chi connectivity index (χ4v) is 3.31. The quantitative estimate of drug-likeness (QED) is 0.818. The molecule has 0 saturated carbocycles. The van der Waals surface area contributed by atoms with Gasteiger partial charge in [-0.1, -0.05) is 39.1 Å². The first kappa shape index (κ1) is 14.6. The van der Waals surface area contributed by atoms with E-state index < -0.39 is 10.0 Å². The highest BCUT2D eigenvalue weighted by atomic mass is 79.9. The predicted molar refractivity (Wildman–Crippen MR) is 79.2 cm³/mol. The smallest absolute Gasteiger partial charge is 0.264 e. The first-order valence-electron chi connectivity index (χ1n) is 4.99. The molecule has 1 aromatic carbocycles. The van der Waals surface area contributed by atoms with E-state index in [4.69, 9.17) is 23.2 Å². The highest BCUT2D eigenvalue weighted by molar-refractivity contribution is 9.10. The minimum atomic E-state index is -3.79. The molecule has 0 fully saturated rings. The monoisotopic (exact) mass is 380 g/mol. The van der Waals surface area contributed by atoms with Crippen molar-refractivity contribution in [2.45, 2.75) is 4.90 Å². The van der Waals surface area contributed by atoms with Crippen LogP contribution < -0.4 is 4.72 Å². The number of sulfonamides is 1. The van der Waals surface area contributed by atoms with Crippen LogP contribution in [0, 0.1) is 0 Å². The van der Waals surface area contributed by atoms with Crippen molar-refractivity contribution in [1.82, 2.24) is 4.98 Å². The molecule has 0 spiro atoms. The first-order valence-corrected chi connectivity index (χ1v) is 8.02. The molecule has 1 aromatic heterocycles. The number of halogens is 3. The van der Waals surface area contributed by atoms with Crippen LogP contribution in [-0.4, -0.2) is 13.4 Å². The van der Waals surface area contributed by atoms with Crippen molar-refractivity contribution in [2.75, 3.05) is 4.72 Å². The van der Waals surface area contributed by atoms with Crippen LogP contribution in [0.4, 0.5) is 5.69 Å². The number of rotatable bonds is 3. The van der Waals surface area contributed by atoms with Gasteiger partial charge in [-0.15, -0.1) is 0 Å². The molecule has 100 valence electrons. The molecule has 0 radical (unpaired) electrons. The van der Waals surface area contributed by atoms with E-state index in [0.29, 0.717) is 5.69 Å². The summed E-state index contributed by atoms with van der Waals surface area (Å²) in [5.74, 6) is 0. The van der Waals surface area contributed by atoms with Crippen molar-refractivity contribution in [2.24, 2.45) is 0 Å². The van der Waals surface area contributed by atoms with Crippen molar-refractivity contribution < 1.29 is 8.42 Å². The minimum Gasteiger partial charge on any atom is -0.280 e. The van der Waals surface area contributed by atoms with Gasteiger partial charge in [0.15, 0.2) is 5.15 Å². The molecule has 0 unspecified atom stereocenters. The molecular weight excluding hydrogens is 375 g/mol. The van der Waals surface area contributed by atoms with Gasteiger partial charge in [-0.25, -0.2) is 13.4 Å². The third-order valence-corrected chi connectivity index (χ3v) is 4.72. The molecule has 8 heteroatoms. The molecule has 0 atom stereocenters. The molecule has 2 rings (SSSR count). The Kier molecular flexibility index (Phi) is 4.35. The summed E-state index contributed by atoms with van der Waals surface area (Å²) in [4.78, 5) is 3.58. The van der Waals surface area contributed by atoms with Crippen LogP contribution >= 0.6 is 39.1 Å². The van der Waals surface area contributed by atoms with E-state index in [1.54, 1.807) is 24.3 Å². The second kappa shape index (κ2) is 5.66. The van der Waals surface area contributed by atoms with Gasteiger partial charge in [0, 0.05) is 10.2 Å². The van der Waals surface area contributed by atoms with Crippen LogP contribution in [0.2, 0.25) is 10.3 Å². The molecule has 2 aromatic rings. The lowest BCUT2D eigenvalue weighted by atomic mass is 10.3. The van der Waals surface area contributed by atoms with Crippen molar-refractivity contribution in [1.29, 1.82) is 0 Å². The summed E-state index contributed by atoms with van der Waals surface area (Å²) < 4.78 is 27.5. The fourth-order valence-electron chi connectivity index (χ4n) is 1.33. The number of pyridine rings is 1. The van der Waals surface area contributed by atoms with E-state index in [0.717, 1.165) is 4.47 Å². The van der Waals surface area contributed by atoms with Crippen LogP contribution in [0.1, 0.15) is 0 Å². The lowest BCUT2D eigenvalue weighted by Crippen LogP contribution is -2.13. The van der Waals surface area contributed by atoms with Crippen LogP contribution in [0.15, 0.2) is 45.8 Å². The Morgan fingerprint density at radius 3 is 2.26 bits per heavy atom. The number of hydrogen-bond acceptors (Lipinski definition) is 3. The summed E-state index contributed by atoms with van der Waals surface area (Å²) in [7, 11) is -3.79. The van der Waals surface area contributed by atoms with Gasteiger partial charge in [-0.3, -0.25) is 4.72 Å². The number of benzene rings is 1. The molecule has 0 amide bonds. The maximum atomic E-state index is 12.1. The zero-order chi connectivity index (χ0) is 14.0. The third kappa shape index (κ3) is 3.60. The van der Waals surface area contributed by atoms with E-state index in [1.807, 2.05) is 0 Å². The fraction of sp³-hybridized carbons (Fsp3) is 0. The Bertz CT molecular complexity index is 705. The number of hydrogen-bond donors (Lipinski definition) is 1. The third-order valence-electron chi connectivity index (χ3n) is 2.17. The Morgan fingerprint density at radius 2 is 1.68 bits per heavy atom. The topological polar surface area (TPSA) is 59.1 Å². The van der Waals surface area contributed by atoms with Crippen LogP contribution in [0.25, 0.3) is 0 Å². The van der Waals surface area contributed by atoms with E-state index in [1.165, 1.54) is 12.1 Å². The number of aromatic nitrogens is 1. The van der Waals surface area contributed by atoms with Crippen LogP contribution in [0.5, 0.6) is 0 Å². The van der Waals surface area contributed by atoms with Crippen molar-refractivity contribution in [3.8, 4) is 0 Å². The zero-order valence-electron chi connectivity index (χ0n) is 9.27. The largest absolute Gasteiger partial charge is 0.280 e. The van der Waals surface area contributed by atoms with Gasteiger partial charge in [0.2, 0.25) is 0 Å². The van der Waals surface area contributed by atoms with Crippen molar-refractivity contribution in [3.05, 3.63) is 51.2 Å². The Hall–Kier alpha value is -0.820. The summed E-state index contributed by atoms with van der Waals surface area (Å²) in [6.07, 6.45) is 0. The molecule has 1 heterocycles. The normalized spacial score (nSPS) is 11.3. The Labute approximate surface area is 128 Å². The average Bonchev–Trinajstić information content (AvgIpc) is 2.31. The van der Waals surface area contributed by atoms with E-state index in [9.17, 15) is 8.42 Å². The summed E-state index contributed by atoms with van der Waals surface area (Å²) in [6, 6.07) is 9.36. The summed E-state index contributed by atoms with van der Waals surface area (Å²) in [5, 5.41) is -0.0373. The van der Waals surface area contributed by atoms with Crippen LogP contribution in [0.3, 0.4) is 0 Å². The lowest BCUT2D eigenvalue weighted by Gasteiger charge is -2.09. The zero-order valence-corrected chi connectivity index (χ0v) is 13.2. The molecule has 19 heavy (non-hydrogen) atoms. The molecule has 0 bridgehead atoms. The van der Waals surface area contributed by atoms with E-state index in [2.05, 4.69) is 25.6 Å². The van der Waals surface area contributed by atoms with Crippen molar-refractivity contribution in [3.63, 3.8) is 0 Å². The molecule has 1 N–H and O–H groups in total. The van der Waals surface area contributed by atoms with Gasteiger partial charge in [0.25, 0.3) is 10.0 Å². The summed E-state index contributed by atoms with van der Waals surface area (Å²) in [6.45, 7) is 0. The number of nitrogens with one attached hydrogen (secondary N) is 1. The minimum absolute atomic E-state index is 0.124. The number of nitrogens with zero attached hydrogens (tertiary/aromatic N) is 1. The summed E-state index contributed by atoms with van der Waals surface area (Å²) in [5.41, 5.74) is 0.425. The second-order valence-electron chi connectivity index (χ2n) is 3.54. The van der Waals surface area contributed by atoms with Crippen LogP contribution in [-0.2, 0) is 10.0 Å². The van der Waals surface area contributed by atoms with Gasteiger partial charge in [-0.05, 0) is 36.4 Å². The summed E-state index contributed by atoms with van der Waals surface area (Å²) >= 11 is 14.7. The van der Waals surface area contributed by atoms with Gasteiger partial charge < -0.3 is 0 Å². The second-order valence-corrected chi connectivity index (χ2v) is 6.85. The standard InChI is InChI=1S/C11H7BrCl2N2O2S/c12-7-1-3-8(4-2-7)16-19(17,18)9-5-6-10(13)15-11(9)14/h1-6,16H. The van der Waals surface area contributed by atoms with Gasteiger partial charge in [-0.2, -0.15) is 0 Å².